The molecule has 78 valence electrons. The maximum absolute atomic E-state index is 3.33. The lowest BCUT2D eigenvalue weighted by Crippen LogP contribution is -2.17. The second-order valence-corrected chi connectivity index (χ2v) is 5.22. The van der Waals surface area contributed by atoms with E-state index in [4.69, 9.17) is 0 Å². The number of thiophene rings is 1. The van der Waals surface area contributed by atoms with Crippen molar-refractivity contribution in [3.05, 3.63) is 21.4 Å². The first-order valence-corrected chi connectivity index (χ1v) is 6.42. The third-order valence-corrected chi connectivity index (χ3v) is 4.35. The number of hydrogen-bond acceptors (Lipinski definition) is 2. The van der Waals surface area contributed by atoms with E-state index >= 15 is 0 Å². The van der Waals surface area contributed by atoms with E-state index < -0.39 is 0 Å². The summed E-state index contributed by atoms with van der Waals surface area (Å²) in [6, 6.07) is 0. The molecule has 0 fully saturated rings. The highest BCUT2D eigenvalue weighted by molar-refractivity contribution is 7.10. The van der Waals surface area contributed by atoms with Crippen LogP contribution in [0.1, 0.15) is 41.2 Å². The molecule has 14 heavy (non-hydrogen) atoms. The summed E-state index contributed by atoms with van der Waals surface area (Å²) in [5.41, 5.74) is 3.19. The van der Waals surface area contributed by atoms with Crippen LogP contribution in [-0.2, 0) is 6.42 Å². The van der Waals surface area contributed by atoms with E-state index in [0.29, 0.717) is 0 Å². The Morgan fingerprint density at radius 3 is 3.14 bits per heavy atom. The van der Waals surface area contributed by atoms with Crippen molar-refractivity contribution in [2.75, 3.05) is 13.6 Å². The first-order chi connectivity index (χ1) is 6.83. The van der Waals surface area contributed by atoms with Crippen molar-refractivity contribution in [2.24, 2.45) is 0 Å². The lowest BCUT2D eigenvalue weighted by molar-refractivity contribution is 0.564. The van der Waals surface area contributed by atoms with Crippen LogP contribution >= 0.6 is 11.3 Å². The molecular weight excluding hydrogens is 190 g/mol. The molecule has 1 aliphatic carbocycles. The summed E-state index contributed by atoms with van der Waals surface area (Å²) in [5.74, 6) is 0.767. The minimum absolute atomic E-state index is 0.767. The molecule has 0 aromatic carbocycles. The van der Waals surface area contributed by atoms with E-state index in [9.17, 15) is 0 Å². The van der Waals surface area contributed by atoms with Crippen LogP contribution in [-0.4, -0.2) is 13.6 Å². The van der Waals surface area contributed by atoms with Gasteiger partial charge in [0, 0.05) is 11.4 Å². The predicted molar refractivity (Wildman–Crippen MR) is 63.3 cm³/mol. The van der Waals surface area contributed by atoms with Crippen molar-refractivity contribution in [1.29, 1.82) is 0 Å². The van der Waals surface area contributed by atoms with Gasteiger partial charge < -0.3 is 5.32 Å². The Morgan fingerprint density at radius 1 is 1.50 bits per heavy atom. The average molecular weight is 209 g/mol. The van der Waals surface area contributed by atoms with Crippen LogP contribution in [0.5, 0.6) is 0 Å². The number of likely N-dealkylation sites (N-methyl/N-ethyl adjacent to an activating group) is 1. The zero-order valence-corrected chi connectivity index (χ0v) is 9.91. The molecule has 1 atom stereocenters. The Balaban J connectivity index is 2.30. The van der Waals surface area contributed by atoms with Crippen LogP contribution in [0.2, 0.25) is 0 Å². The standard InChI is InChI=1S/C12H19NS/c1-9-8-14-11-6-4-3-5-10(7-13-2)12(9)11/h8,10,13H,3-7H2,1-2H3. The molecule has 0 saturated heterocycles. The maximum Gasteiger partial charge on any atom is 0.00832 e. The van der Waals surface area contributed by atoms with Crippen molar-refractivity contribution < 1.29 is 0 Å². The summed E-state index contributed by atoms with van der Waals surface area (Å²) in [6.45, 7) is 3.41. The van der Waals surface area contributed by atoms with Gasteiger partial charge in [-0.05, 0) is 55.7 Å². The quantitative estimate of drug-likeness (QED) is 0.738. The molecule has 1 N–H and O–H groups in total. The highest BCUT2D eigenvalue weighted by atomic mass is 32.1. The van der Waals surface area contributed by atoms with Crippen LogP contribution in [0.3, 0.4) is 0 Å². The highest BCUT2D eigenvalue weighted by Crippen LogP contribution is 2.36. The van der Waals surface area contributed by atoms with Gasteiger partial charge >= 0.3 is 0 Å². The molecule has 0 spiro atoms. The van der Waals surface area contributed by atoms with Crippen molar-refractivity contribution in [2.45, 2.75) is 38.5 Å². The zero-order chi connectivity index (χ0) is 9.97. The van der Waals surface area contributed by atoms with E-state index in [2.05, 4.69) is 24.7 Å². The summed E-state index contributed by atoms with van der Waals surface area (Å²) in [5, 5.41) is 5.66. The van der Waals surface area contributed by atoms with E-state index in [1.54, 1.807) is 10.4 Å². The normalized spacial score (nSPS) is 21.7. The van der Waals surface area contributed by atoms with Crippen LogP contribution in [0.25, 0.3) is 0 Å². The Morgan fingerprint density at radius 2 is 2.36 bits per heavy atom. The van der Waals surface area contributed by atoms with E-state index in [0.717, 1.165) is 12.5 Å². The van der Waals surface area contributed by atoms with Gasteiger partial charge in [0.2, 0.25) is 0 Å². The van der Waals surface area contributed by atoms with Crippen LogP contribution in [0.4, 0.5) is 0 Å². The Bertz CT molecular complexity index is 303. The fraction of sp³-hybridized carbons (Fsp3) is 0.667. The fourth-order valence-electron chi connectivity index (χ4n) is 2.52. The number of aryl methyl sites for hydroxylation is 2. The maximum atomic E-state index is 3.33. The molecule has 2 rings (SSSR count). The van der Waals surface area contributed by atoms with E-state index in [1.807, 2.05) is 11.3 Å². The summed E-state index contributed by atoms with van der Waals surface area (Å²) in [4.78, 5) is 1.65. The molecular formula is C12H19NS. The van der Waals surface area contributed by atoms with Gasteiger partial charge in [-0.15, -0.1) is 11.3 Å². The van der Waals surface area contributed by atoms with Gasteiger partial charge in [0.15, 0.2) is 0 Å². The van der Waals surface area contributed by atoms with E-state index in [-0.39, 0.29) is 0 Å². The largest absolute Gasteiger partial charge is 0.319 e. The molecule has 1 unspecified atom stereocenters. The molecule has 1 aromatic rings. The Labute approximate surface area is 90.5 Å². The molecule has 0 saturated carbocycles. The smallest absolute Gasteiger partial charge is 0.00832 e. The van der Waals surface area contributed by atoms with Crippen molar-refractivity contribution in [3.8, 4) is 0 Å². The minimum Gasteiger partial charge on any atom is -0.319 e. The monoisotopic (exact) mass is 209 g/mol. The molecule has 1 aliphatic rings. The number of rotatable bonds is 2. The molecule has 0 amide bonds. The second kappa shape index (κ2) is 4.45. The van der Waals surface area contributed by atoms with Gasteiger partial charge in [-0.2, -0.15) is 0 Å². The Hall–Kier alpha value is -0.340. The summed E-state index contributed by atoms with van der Waals surface area (Å²) in [7, 11) is 2.06. The van der Waals surface area contributed by atoms with Gasteiger partial charge in [0.25, 0.3) is 0 Å². The average Bonchev–Trinajstić information content (AvgIpc) is 2.43. The molecule has 0 bridgehead atoms. The van der Waals surface area contributed by atoms with Gasteiger partial charge in [-0.1, -0.05) is 6.42 Å². The molecule has 1 nitrogen and oxygen atoms in total. The summed E-state index contributed by atoms with van der Waals surface area (Å²) >= 11 is 1.97. The lowest BCUT2D eigenvalue weighted by atomic mass is 9.94. The third kappa shape index (κ3) is 1.86. The predicted octanol–water partition coefficient (Wildman–Crippen LogP) is 3.09. The number of nitrogens with one attached hydrogen (secondary N) is 1. The van der Waals surface area contributed by atoms with Crippen LogP contribution in [0, 0.1) is 6.92 Å². The van der Waals surface area contributed by atoms with Gasteiger partial charge in [0.1, 0.15) is 0 Å². The number of fused-ring (bicyclic) bond motifs is 1. The van der Waals surface area contributed by atoms with Crippen LogP contribution in [0.15, 0.2) is 5.38 Å². The van der Waals surface area contributed by atoms with Gasteiger partial charge in [0.05, 0.1) is 0 Å². The lowest BCUT2D eigenvalue weighted by Gasteiger charge is -2.15. The summed E-state index contributed by atoms with van der Waals surface area (Å²) in [6.07, 6.45) is 5.46. The second-order valence-electron chi connectivity index (χ2n) is 4.26. The van der Waals surface area contributed by atoms with Gasteiger partial charge in [-0.3, -0.25) is 0 Å². The SMILES string of the molecule is CNCC1CCCCc2scc(C)c21. The highest BCUT2D eigenvalue weighted by Gasteiger charge is 2.21. The van der Waals surface area contributed by atoms with Gasteiger partial charge in [-0.25, -0.2) is 0 Å². The fourth-order valence-corrected chi connectivity index (χ4v) is 3.68. The van der Waals surface area contributed by atoms with Crippen molar-refractivity contribution in [3.63, 3.8) is 0 Å². The first-order valence-electron chi connectivity index (χ1n) is 5.54. The van der Waals surface area contributed by atoms with Crippen LogP contribution < -0.4 is 5.32 Å². The zero-order valence-electron chi connectivity index (χ0n) is 9.10. The third-order valence-electron chi connectivity index (χ3n) is 3.17. The van der Waals surface area contributed by atoms with Crippen molar-refractivity contribution in [1.82, 2.24) is 5.32 Å². The van der Waals surface area contributed by atoms with E-state index in [1.165, 1.54) is 31.2 Å². The minimum atomic E-state index is 0.767. The summed E-state index contributed by atoms with van der Waals surface area (Å²) < 4.78 is 0. The molecule has 1 heterocycles. The molecule has 1 aromatic heterocycles. The molecule has 2 heteroatoms. The Kier molecular flexibility index (Phi) is 3.24. The molecule has 0 radical (unpaired) electrons. The van der Waals surface area contributed by atoms with Crippen molar-refractivity contribution >= 4 is 11.3 Å². The topological polar surface area (TPSA) is 12.0 Å². The molecule has 0 aliphatic heterocycles. The first kappa shape index (κ1) is 10.2. The number of hydrogen-bond donors (Lipinski definition) is 1.